The third-order valence-electron chi connectivity index (χ3n) is 2.28. The number of ketones is 1. The van der Waals surface area contributed by atoms with Gasteiger partial charge in [-0.2, -0.15) is 0 Å². The highest BCUT2D eigenvalue weighted by molar-refractivity contribution is 6.20. The van der Waals surface area contributed by atoms with Gasteiger partial charge in [0.25, 0.3) is 0 Å². The molecule has 0 amide bonds. The van der Waals surface area contributed by atoms with Gasteiger partial charge in [0, 0.05) is 24.2 Å². The second-order valence-electron chi connectivity index (χ2n) is 3.04. The average Bonchev–Trinajstić information content (AvgIpc) is 2.55. The van der Waals surface area contributed by atoms with Gasteiger partial charge in [0.1, 0.15) is 12.0 Å². The summed E-state index contributed by atoms with van der Waals surface area (Å²) in [4.78, 5) is 23.6. The molecule has 3 rings (SSSR count). The molecule has 0 fully saturated rings. The van der Waals surface area contributed by atoms with Gasteiger partial charge in [-0.3, -0.25) is 9.78 Å². The van der Waals surface area contributed by atoms with E-state index in [0.29, 0.717) is 11.3 Å². The molecule has 2 aromatic heterocycles. The van der Waals surface area contributed by atoms with Gasteiger partial charge in [0.05, 0.1) is 5.56 Å². The number of carbonyl (C=O) groups is 1. The molecule has 0 unspecified atom stereocenters. The highest BCUT2D eigenvalue weighted by atomic mass is 16.1. The minimum absolute atomic E-state index is 0.0644. The predicted octanol–water partition coefficient (Wildman–Crippen LogP) is 1.08. The Morgan fingerprint density at radius 3 is 2.79 bits per heavy atom. The van der Waals surface area contributed by atoms with E-state index in [-0.39, 0.29) is 5.78 Å². The van der Waals surface area contributed by atoms with Gasteiger partial charge in [-0.05, 0) is 11.6 Å². The van der Waals surface area contributed by atoms with Crippen molar-refractivity contribution in [1.82, 2.24) is 15.0 Å². The van der Waals surface area contributed by atoms with Crippen molar-refractivity contribution in [3.05, 3.63) is 42.2 Å². The molecule has 0 saturated carbocycles. The predicted molar refractivity (Wildman–Crippen MR) is 48.7 cm³/mol. The van der Waals surface area contributed by atoms with Crippen molar-refractivity contribution in [2.45, 2.75) is 0 Å². The minimum atomic E-state index is -0.0644. The molecule has 0 atom stereocenters. The van der Waals surface area contributed by atoms with Crippen LogP contribution in [0.15, 0.2) is 31.0 Å². The van der Waals surface area contributed by atoms with Crippen LogP contribution in [0.2, 0.25) is 0 Å². The first-order chi connectivity index (χ1) is 6.88. The zero-order valence-electron chi connectivity index (χ0n) is 7.14. The number of pyridine rings is 1. The molecule has 66 valence electrons. The number of aromatic nitrogens is 3. The fraction of sp³-hybridized carbons (Fsp3) is 0. The fourth-order valence-electron chi connectivity index (χ4n) is 1.65. The molecule has 4 heteroatoms. The number of nitrogens with zero attached hydrogens (tertiary/aromatic N) is 3. The first-order valence-corrected chi connectivity index (χ1v) is 4.17. The Morgan fingerprint density at radius 1 is 1.00 bits per heavy atom. The lowest BCUT2D eigenvalue weighted by atomic mass is 10.1. The molecule has 0 aliphatic heterocycles. The maximum absolute atomic E-state index is 11.8. The van der Waals surface area contributed by atoms with Gasteiger partial charge in [0.2, 0.25) is 5.78 Å². The molecular weight excluding hydrogens is 178 g/mol. The van der Waals surface area contributed by atoms with E-state index in [1.165, 1.54) is 6.33 Å². The van der Waals surface area contributed by atoms with Crippen molar-refractivity contribution in [1.29, 1.82) is 0 Å². The zero-order chi connectivity index (χ0) is 9.54. The van der Waals surface area contributed by atoms with Gasteiger partial charge in [-0.1, -0.05) is 0 Å². The van der Waals surface area contributed by atoms with Crippen molar-refractivity contribution in [3.63, 3.8) is 0 Å². The monoisotopic (exact) mass is 183 g/mol. The minimum Gasteiger partial charge on any atom is -0.287 e. The molecule has 1 aliphatic rings. The van der Waals surface area contributed by atoms with Crippen molar-refractivity contribution in [2.24, 2.45) is 0 Å². The molecule has 2 heterocycles. The summed E-state index contributed by atoms with van der Waals surface area (Å²) in [6.07, 6.45) is 6.27. The van der Waals surface area contributed by atoms with Crippen LogP contribution in [0.1, 0.15) is 16.1 Å². The van der Waals surface area contributed by atoms with E-state index in [1.54, 1.807) is 18.6 Å². The Morgan fingerprint density at radius 2 is 1.86 bits per heavy atom. The van der Waals surface area contributed by atoms with Crippen molar-refractivity contribution >= 4 is 5.78 Å². The van der Waals surface area contributed by atoms with Gasteiger partial charge >= 0.3 is 0 Å². The van der Waals surface area contributed by atoms with E-state index in [0.717, 1.165) is 11.1 Å². The van der Waals surface area contributed by atoms with Crippen LogP contribution in [0.3, 0.4) is 0 Å². The quantitative estimate of drug-likeness (QED) is 0.523. The van der Waals surface area contributed by atoms with Gasteiger partial charge < -0.3 is 0 Å². The molecule has 4 nitrogen and oxygen atoms in total. The van der Waals surface area contributed by atoms with Crippen LogP contribution in [0, 0.1) is 0 Å². The lowest BCUT2D eigenvalue weighted by Gasteiger charge is -1.94. The molecule has 1 aliphatic carbocycles. The van der Waals surface area contributed by atoms with Crippen LogP contribution < -0.4 is 0 Å². The summed E-state index contributed by atoms with van der Waals surface area (Å²) in [5, 5.41) is 0. The lowest BCUT2D eigenvalue weighted by molar-refractivity contribution is 0.103. The number of fused-ring (bicyclic) bond motifs is 3. The van der Waals surface area contributed by atoms with Crippen molar-refractivity contribution in [2.75, 3.05) is 0 Å². The van der Waals surface area contributed by atoms with Crippen molar-refractivity contribution < 1.29 is 4.79 Å². The summed E-state index contributed by atoms with van der Waals surface area (Å²) in [7, 11) is 0. The highest BCUT2D eigenvalue weighted by Crippen LogP contribution is 2.33. The first-order valence-electron chi connectivity index (χ1n) is 4.17. The molecule has 14 heavy (non-hydrogen) atoms. The maximum Gasteiger partial charge on any atom is 0.214 e. The summed E-state index contributed by atoms with van der Waals surface area (Å²) in [5.74, 6) is -0.0644. The maximum atomic E-state index is 11.8. The molecule has 0 spiro atoms. The van der Waals surface area contributed by atoms with Gasteiger partial charge in [-0.25, -0.2) is 9.97 Å². The lowest BCUT2D eigenvalue weighted by Crippen LogP contribution is -1.98. The summed E-state index contributed by atoms with van der Waals surface area (Å²) in [5.41, 5.74) is 2.77. The zero-order valence-corrected chi connectivity index (χ0v) is 7.14. The molecule has 0 aromatic carbocycles. The smallest absolute Gasteiger partial charge is 0.214 e. The molecule has 2 aromatic rings. The van der Waals surface area contributed by atoms with Crippen LogP contribution in [0.4, 0.5) is 0 Å². The van der Waals surface area contributed by atoms with Crippen LogP contribution in [0.5, 0.6) is 0 Å². The highest BCUT2D eigenvalue weighted by Gasteiger charge is 2.27. The molecule has 0 saturated heterocycles. The average molecular weight is 183 g/mol. The molecule has 0 radical (unpaired) electrons. The molecule has 0 bridgehead atoms. The Balaban J connectivity index is 2.42. The molecular formula is C10H5N3O. The standard InChI is InChI=1S/C10H5N3O/c14-10-8-4-11-2-1-6(8)7-3-12-5-13-9(7)10/h1-5H. The van der Waals surface area contributed by atoms with E-state index >= 15 is 0 Å². The largest absolute Gasteiger partial charge is 0.287 e. The second kappa shape index (κ2) is 2.45. The topological polar surface area (TPSA) is 55.7 Å². The fourth-order valence-corrected chi connectivity index (χ4v) is 1.65. The number of hydrogen-bond donors (Lipinski definition) is 0. The second-order valence-corrected chi connectivity index (χ2v) is 3.04. The summed E-state index contributed by atoms with van der Waals surface area (Å²) >= 11 is 0. The van der Waals surface area contributed by atoms with Gasteiger partial charge in [-0.15, -0.1) is 0 Å². The number of rotatable bonds is 0. The summed E-state index contributed by atoms with van der Waals surface area (Å²) < 4.78 is 0. The third kappa shape index (κ3) is 0.771. The van der Waals surface area contributed by atoms with Gasteiger partial charge in [0.15, 0.2) is 0 Å². The van der Waals surface area contributed by atoms with E-state index < -0.39 is 0 Å². The normalized spacial score (nSPS) is 12.4. The van der Waals surface area contributed by atoms with E-state index in [4.69, 9.17) is 0 Å². The molecule has 0 N–H and O–H groups in total. The van der Waals surface area contributed by atoms with E-state index in [9.17, 15) is 4.79 Å². The van der Waals surface area contributed by atoms with Crippen LogP contribution in [-0.2, 0) is 0 Å². The van der Waals surface area contributed by atoms with Crippen LogP contribution in [0.25, 0.3) is 11.1 Å². The number of carbonyl (C=O) groups excluding carboxylic acids is 1. The summed E-state index contributed by atoms with van der Waals surface area (Å²) in [6.45, 7) is 0. The Hall–Kier alpha value is -2.10. The third-order valence-corrected chi connectivity index (χ3v) is 2.28. The van der Waals surface area contributed by atoms with E-state index in [1.807, 2.05) is 6.07 Å². The van der Waals surface area contributed by atoms with Crippen molar-refractivity contribution in [3.8, 4) is 11.1 Å². The summed E-state index contributed by atoms with van der Waals surface area (Å²) in [6, 6.07) is 1.81. The number of hydrogen-bond acceptors (Lipinski definition) is 4. The Kier molecular flexibility index (Phi) is 1.28. The van der Waals surface area contributed by atoms with Crippen LogP contribution in [-0.4, -0.2) is 20.7 Å². The first kappa shape index (κ1) is 7.32. The Bertz CT molecular complexity index is 489. The van der Waals surface area contributed by atoms with E-state index in [2.05, 4.69) is 15.0 Å². The Labute approximate surface area is 79.7 Å². The van der Waals surface area contributed by atoms with Crippen LogP contribution >= 0.6 is 0 Å². The SMILES string of the molecule is O=C1c2cnccc2-c2cncnc21.